The Labute approximate surface area is 178 Å². The van der Waals surface area contributed by atoms with Gasteiger partial charge >= 0.3 is 0 Å². The molecule has 150 valence electrons. The van der Waals surface area contributed by atoms with Crippen molar-refractivity contribution in [2.24, 2.45) is 10.9 Å². The molecule has 2 atom stereocenters. The summed E-state index contributed by atoms with van der Waals surface area (Å²) in [6.07, 6.45) is 9.67. The van der Waals surface area contributed by atoms with Gasteiger partial charge in [0.2, 0.25) is 0 Å². The monoisotopic (exact) mass is 486 g/mol. The number of nitrogens with zero attached hydrogens (tertiary/aromatic N) is 7. The molecule has 0 spiro atoms. The van der Waals surface area contributed by atoms with Gasteiger partial charge in [0.1, 0.15) is 12.2 Å². The first kappa shape index (κ1) is 21.6. The average molecular weight is 486 g/mol. The zero-order valence-electron chi connectivity index (χ0n) is 16.5. The Morgan fingerprint density at radius 3 is 2.89 bits per heavy atom. The molecule has 1 fully saturated rings. The van der Waals surface area contributed by atoms with E-state index in [9.17, 15) is 0 Å². The molecule has 3 heterocycles. The molecule has 1 aliphatic heterocycles. The number of aryl methyl sites for hydroxylation is 1. The van der Waals surface area contributed by atoms with E-state index in [0.29, 0.717) is 12.0 Å². The van der Waals surface area contributed by atoms with Crippen molar-refractivity contribution in [3.05, 3.63) is 30.9 Å². The van der Waals surface area contributed by atoms with Crippen molar-refractivity contribution in [3.8, 4) is 0 Å². The summed E-state index contributed by atoms with van der Waals surface area (Å²) in [6.45, 7) is 10.9. The second kappa shape index (κ2) is 10.6. The molecule has 1 saturated heterocycles. The number of likely N-dealkylation sites (tertiary alicyclic amines) is 1. The van der Waals surface area contributed by atoms with Crippen molar-refractivity contribution in [2.75, 3.05) is 26.2 Å². The number of hydrogen-bond acceptors (Lipinski definition) is 4. The zero-order chi connectivity index (χ0) is 18.4. The highest BCUT2D eigenvalue weighted by Crippen LogP contribution is 2.27. The van der Waals surface area contributed by atoms with Crippen LogP contribution in [-0.4, -0.2) is 61.4 Å². The van der Waals surface area contributed by atoms with Crippen LogP contribution in [0.4, 0.5) is 0 Å². The maximum absolute atomic E-state index is 4.86. The molecule has 0 aromatic carbocycles. The smallest absolute Gasteiger partial charge is 0.194 e. The van der Waals surface area contributed by atoms with Crippen LogP contribution in [0.2, 0.25) is 0 Å². The number of rotatable bonds is 6. The number of imidazole rings is 1. The fourth-order valence-corrected chi connectivity index (χ4v) is 3.52. The molecule has 0 amide bonds. The van der Waals surface area contributed by atoms with E-state index in [1.54, 1.807) is 6.33 Å². The van der Waals surface area contributed by atoms with Crippen molar-refractivity contribution in [1.29, 1.82) is 0 Å². The summed E-state index contributed by atoms with van der Waals surface area (Å²) in [6, 6.07) is 0.430. The van der Waals surface area contributed by atoms with Gasteiger partial charge in [-0.2, -0.15) is 0 Å². The van der Waals surface area contributed by atoms with Gasteiger partial charge in [0.15, 0.2) is 5.96 Å². The van der Waals surface area contributed by atoms with Crippen molar-refractivity contribution < 1.29 is 0 Å². The van der Waals surface area contributed by atoms with Crippen molar-refractivity contribution in [3.63, 3.8) is 0 Å². The van der Waals surface area contributed by atoms with E-state index in [2.05, 4.69) is 61.5 Å². The molecule has 2 aromatic rings. The number of hydrogen-bond donors (Lipinski definition) is 1. The van der Waals surface area contributed by atoms with Crippen LogP contribution < -0.4 is 5.32 Å². The quantitative estimate of drug-likeness (QED) is 0.385. The third kappa shape index (κ3) is 5.43. The lowest BCUT2D eigenvalue weighted by Gasteiger charge is -2.39. The fourth-order valence-electron chi connectivity index (χ4n) is 3.52. The molecule has 1 aliphatic rings. The number of aromatic nitrogens is 5. The number of guanidine groups is 1. The van der Waals surface area contributed by atoms with Crippen LogP contribution in [0.3, 0.4) is 0 Å². The first-order valence-electron chi connectivity index (χ1n) is 9.60. The lowest BCUT2D eigenvalue weighted by molar-refractivity contribution is 0.189. The summed E-state index contributed by atoms with van der Waals surface area (Å²) in [5, 5.41) is 11.6. The molecule has 1 N–H and O–H groups in total. The number of piperidine rings is 1. The summed E-state index contributed by atoms with van der Waals surface area (Å²) in [7, 11) is 0. The third-order valence-electron chi connectivity index (χ3n) is 5.08. The van der Waals surface area contributed by atoms with Crippen LogP contribution in [0.1, 0.15) is 39.1 Å². The maximum atomic E-state index is 4.86. The summed E-state index contributed by atoms with van der Waals surface area (Å²) in [4.78, 5) is 11.5. The normalized spacial score (nSPS) is 20.4. The molecule has 2 aromatic heterocycles. The van der Waals surface area contributed by atoms with E-state index in [0.717, 1.165) is 57.3 Å². The minimum Gasteiger partial charge on any atom is -0.357 e. The van der Waals surface area contributed by atoms with Gasteiger partial charge in [-0.3, -0.25) is 4.99 Å². The molecule has 0 bridgehead atoms. The van der Waals surface area contributed by atoms with Crippen molar-refractivity contribution in [2.45, 2.75) is 46.2 Å². The second-order valence-electron chi connectivity index (χ2n) is 6.82. The van der Waals surface area contributed by atoms with Gasteiger partial charge in [-0.05, 0) is 19.3 Å². The van der Waals surface area contributed by atoms with Gasteiger partial charge in [-0.15, -0.1) is 34.2 Å². The van der Waals surface area contributed by atoms with Gasteiger partial charge in [0.05, 0.1) is 18.9 Å². The Morgan fingerprint density at radius 2 is 2.19 bits per heavy atom. The number of nitrogens with one attached hydrogen (secondary N) is 1. The number of aliphatic imine (C=N–C) groups is 1. The predicted octanol–water partition coefficient (Wildman–Crippen LogP) is 2.20. The minimum atomic E-state index is 0. The van der Waals surface area contributed by atoms with E-state index < -0.39 is 0 Å². The summed E-state index contributed by atoms with van der Waals surface area (Å²) in [5.74, 6) is 2.64. The van der Waals surface area contributed by atoms with Crippen LogP contribution in [0, 0.1) is 5.92 Å². The van der Waals surface area contributed by atoms with E-state index in [-0.39, 0.29) is 24.0 Å². The lowest BCUT2D eigenvalue weighted by atomic mass is 9.93. The predicted molar refractivity (Wildman–Crippen MR) is 117 cm³/mol. The molecular weight excluding hydrogens is 455 g/mol. The molecule has 27 heavy (non-hydrogen) atoms. The highest BCUT2D eigenvalue weighted by atomic mass is 127. The molecule has 0 aliphatic carbocycles. The maximum Gasteiger partial charge on any atom is 0.194 e. The highest BCUT2D eigenvalue weighted by molar-refractivity contribution is 14.0. The van der Waals surface area contributed by atoms with Gasteiger partial charge in [-0.25, -0.2) is 4.98 Å². The Morgan fingerprint density at radius 1 is 1.33 bits per heavy atom. The van der Waals surface area contributed by atoms with Crippen LogP contribution in [0.25, 0.3) is 0 Å². The van der Waals surface area contributed by atoms with Crippen LogP contribution >= 0.6 is 24.0 Å². The highest BCUT2D eigenvalue weighted by Gasteiger charge is 2.28. The molecule has 9 heteroatoms. The first-order chi connectivity index (χ1) is 12.7. The number of halogens is 1. The third-order valence-corrected chi connectivity index (χ3v) is 5.08. The van der Waals surface area contributed by atoms with Gasteiger partial charge < -0.3 is 19.4 Å². The van der Waals surface area contributed by atoms with Gasteiger partial charge in [0, 0.05) is 45.0 Å². The standard InChI is InChI=1S/C18H30N8.HI/c1-4-17-23-22-14-26(17)11-8-21-18(20-5-2)24-9-6-15(3)16(12-24)25-10-7-19-13-25;/h7,10,13-16H,4-6,8-9,11-12H2,1-3H3,(H,20,21);1H. The lowest BCUT2D eigenvalue weighted by Crippen LogP contribution is -2.49. The SMILES string of the molecule is CCNC(=NCCn1cnnc1CC)N1CCC(C)C(n2ccnc2)C1.I. The molecular formula is C18H31IN8. The Hall–Kier alpha value is -1.65. The molecule has 0 radical (unpaired) electrons. The van der Waals surface area contributed by atoms with Crippen LogP contribution in [-0.2, 0) is 13.0 Å². The minimum absolute atomic E-state index is 0. The average Bonchev–Trinajstić information content (AvgIpc) is 3.33. The van der Waals surface area contributed by atoms with Crippen LogP contribution in [0.5, 0.6) is 0 Å². The van der Waals surface area contributed by atoms with E-state index in [1.807, 2.05) is 12.5 Å². The molecule has 8 nitrogen and oxygen atoms in total. The molecule has 0 saturated carbocycles. The van der Waals surface area contributed by atoms with Gasteiger partial charge in [-0.1, -0.05) is 13.8 Å². The summed E-state index contributed by atoms with van der Waals surface area (Å²) < 4.78 is 4.31. The van der Waals surface area contributed by atoms with Crippen molar-refractivity contribution in [1.82, 2.24) is 34.5 Å². The van der Waals surface area contributed by atoms with E-state index in [1.165, 1.54) is 0 Å². The Kier molecular flexibility index (Phi) is 8.52. The molecule has 3 rings (SSSR count). The summed E-state index contributed by atoms with van der Waals surface area (Å²) >= 11 is 0. The zero-order valence-corrected chi connectivity index (χ0v) is 18.8. The van der Waals surface area contributed by atoms with E-state index >= 15 is 0 Å². The topological polar surface area (TPSA) is 76.2 Å². The van der Waals surface area contributed by atoms with Crippen LogP contribution in [0.15, 0.2) is 30.0 Å². The van der Waals surface area contributed by atoms with Gasteiger partial charge in [0.25, 0.3) is 0 Å². The second-order valence-corrected chi connectivity index (χ2v) is 6.82. The van der Waals surface area contributed by atoms with E-state index in [4.69, 9.17) is 4.99 Å². The summed E-state index contributed by atoms with van der Waals surface area (Å²) in [5.41, 5.74) is 0. The Balaban J connectivity index is 0.00000261. The molecule has 2 unspecified atom stereocenters. The first-order valence-corrected chi connectivity index (χ1v) is 9.60. The Bertz CT molecular complexity index is 696. The van der Waals surface area contributed by atoms with Crippen molar-refractivity contribution >= 4 is 29.9 Å². The fraction of sp³-hybridized carbons (Fsp3) is 0.667. The largest absolute Gasteiger partial charge is 0.357 e.